The Bertz CT molecular complexity index is 1710. The van der Waals surface area contributed by atoms with E-state index in [1.165, 1.54) is 47.8 Å². The van der Waals surface area contributed by atoms with Crippen LogP contribution in [0.5, 0.6) is 0 Å². The van der Waals surface area contributed by atoms with Crippen molar-refractivity contribution in [3.05, 3.63) is 94.8 Å². The summed E-state index contributed by atoms with van der Waals surface area (Å²) in [5.74, 6) is -0.470. The lowest BCUT2D eigenvalue weighted by molar-refractivity contribution is 0.0964. The third-order valence-electron chi connectivity index (χ3n) is 6.73. The molecule has 1 saturated carbocycles. The molecule has 1 unspecified atom stereocenters. The molecule has 1 amide bonds. The van der Waals surface area contributed by atoms with E-state index in [0.29, 0.717) is 27.8 Å². The molecule has 39 heavy (non-hydrogen) atoms. The van der Waals surface area contributed by atoms with Crippen molar-refractivity contribution in [2.24, 2.45) is 0 Å². The minimum absolute atomic E-state index is 0.0905. The number of aliphatic hydroxyl groups excluding tert-OH is 1. The van der Waals surface area contributed by atoms with Crippen molar-refractivity contribution in [3.8, 4) is 11.3 Å². The first-order valence-corrected chi connectivity index (χ1v) is 14.4. The number of fused-ring (bicyclic) bond motifs is 1. The fourth-order valence-corrected chi connectivity index (χ4v) is 6.02. The topological polar surface area (TPSA) is 99.8 Å². The number of nitrogens with one attached hydrogen (secondary N) is 1. The second-order valence-electron chi connectivity index (χ2n) is 9.49. The number of hydrogen-bond acceptors (Lipinski definition) is 5. The van der Waals surface area contributed by atoms with Gasteiger partial charge in [0, 0.05) is 34.6 Å². The zero-order valence-electron chi connectivity index (χ0n) is 21.2. The van der Waals surface area contributed by atoms with Gasteiger partial charge in [-0.1, -0.05) is 23.7 Å². The molecule has 2 N–H and O–H groups in total. The average Bonchev–Trinajstić information content (AvgIpc) is 3.67. The van der Waals surface area contributed by atoms with Crippen LogP contribution in [0.15, 0.2) is 71.7 Å². The van der Waals surface area contributed by atoms with Crippen LogP contribution in [0, 0.1) is 5.82 Å². The van der Waals surface area contributed by atoms with Gasteiger partial charge in [0.15, 0.2) is 0 Å². The number of furan rings is 1. The van der Waals surface area contributed by atoms with Crippen LogP contribution in [-0.2, 0) is 10.0 Å². The van der Waals surface area contributed by atoms with Gasteiger partial charge in [-0.3, -0.25) is 4.79 Å². The van der Waals surface area contributed by atoms with E-state index in [9.17, 15) is 22.7 Å². The summed E-state index contributed by atoms with van der Waals surface area (Å²) in [6.07, 6.45) is 3.14. The molecule has 1 atom stereocenters. The highest BCUT2D eigenvalue weighted by molar-refractivity contribution is 7.92. The zero-order chi connectivity index (χ0) is 28.1. The molecule has 1 aliphatic carbocycles. The number of amides is 1. The zero-order valence-corrected chi connectivity index (χ0v) is 22.8. The van der Waals surface area contributed by atoms with Crippen molar-refractivity contribution in [3.63, 3.8) is 0 Å². The lowest BCUT2D eigenvalue weighted by Crippen LogP contribution is -2.26. The average molecular weight is 569 g/mol. The number of carbonyl (C=O) groups excluding carboxylic acids is 1. The maximum atomic E-state index is 13.6. The van der Waals surface area contributed by atoms with Gasteiger partial charge in [0.25, 0.3) is 5.91 Å². The van der Waals surface area contributed by atoms with Gasteiger partial charge in [0.05, 0.1) is 29.3 Å². The Labute approximate surface area is 230 Å². The Kier molecular flexibility index (Phi) is 7.00. The molecule has 10 heteroatoms. The Hall–Kier alpha value is -3.66. The lowest BCUT2D eigenvalue weighted by atomic mass is 10.00. The van der Waals surface area contributed by atoms with Crippen molar-refractivity contribution in [2.45, 2.75) is 24.9 Å². The second-order valence-corrected chi connectivity index (χ2v) is 11.7. The minimum atomic E-state index is -3.88. The van der Waals surface area contributed by atoms with Gasteiger partial charge in [0.1, 0.15) is 17.2 Å². The van der Waals surface area contributed by atoms with Crippen LogP contribution in [0.2, 0.25) is 5.02 Å². The van der Waals surface area contributed by atoms with E-state index < -0.39 is 21.9 Å². The Morgan fingerprint density at radius 2 is 1.90 bits per heavy atom. The lowest BCUT2D eigenvalue weighted by Gasteiger charge is -2.26. The Morgan fingerprint density at radius 3 is 2.46 bits per heavy atom. The van der Waals surface area contributed by atoms with Crippen LogP contribution < -0.4 is 9.62 Å². The number of carbonyl (C=O) groups is 1. The van der Waals surface area contributed by atoms with Gasteiger partial charge in [-0.25, -0.2) is 17.1 Å². The van der Waals surface area contributed by atoms with Gasteiger partial charge in [-0.15, -0.1) is 6.58 Å². The molecule has 1 fully saturated rings. The number of aliphatic hydroxyl groups is 1. The van der Waals surface area contributed by atoms with Gasteiger partial charge >= 0.3 is 0 Å². The number of rotatable bonds is 8. The monoisotopic (exact) mass is 568 g/mol. The highest BCUT2D eigenvalue weighted by atomic mass is 35.5. The molecule has 5 rings (SSSR count). The van der Waals surface area contributed by atoms with E-state index in [4.69, 9.17) is 16.0 Å². The molecule has 3 aromatic carbocycles. The summed E-state index contributed by atoms with van der Waals surface area (Å²) in [6.45, 7) is 3.57. The SMILES string of the molecule is C=CC(O)c1ccc(N(c2cc3oc(-c4ccc(F)cc4)c(C(=O)NC)c3cc2C2CC2)S(C)(=O)=O)cc1Cl. The molecule has 0 saturated heterocycles. The van der Waals surface area contributed by atoms with Crippen LogP contribution in [0.1, 0.15) is 46.3 Å². The molecule has 1 heterocycles. The van der Waals surface area contributed by atoms with Crippen LogP contribution in [0.3, 0.4) is 0 Å². The smallest absolute Gasteiger partial charge is 0.255 e. The fraction of sp³-hybridized carbons (Fsp3) is 0.207. The molecule has 1 aliphatic rings. The van der Waals surface area contributed by atoms with Crippen molar-refractivity contribution < 1.29 is 27.1 Å². The summed E-state index contributed by atoms with van der Waals surface area (Å²) < 4.78 is 47.4. The third kappa shape index (κ3) is 5.05. The quantitative estimate of drug-likeness (QED) is 0.238. The van der Waals surface area contributed by atoms with Crippen molar-refractivity contribution >= 4 is 49.9 Å². The summed E-state index contributed by atoms with van der Waals surface area (Å²) in [4.78, 5) is 13.0. The summed E-state index contributed by atoms with van der Waals surface area (Å²) in [5.41, 5.74) is 2.88. The summed E-state index contributed by atoms with van der Waals surface area (Å²) in [6, 6.07) is 13.6. The van der Waals surface area contributed by atoms with E-state index in [1.54, 1.807) is 24.3 Å². The maximum Gasteiger partial charge on any atom is 0.255 e. The van der Waals surface area contributed by atoms with Crippen LogP contribution >= 0.6 is 11.6 Å². The molecule has 0 aliphatic heterocycles. The predicted octanol–water partition coefficient (Wildman–Crippen LogP) is 6.45. The fourth-order valence-electron chi connectivity index (χ4n) is 4.72. The molecule has 7 nitrogen and oxygen atoms in total. The summed E-state index contributed by atoms with van der Waals surface area (Å²) in [5, 5.41) is 13.5. The molecule has 0 spiro atoms. The van der Waals surface area contributed by atoms with Gasteiger partial charge < -0.3 is 14.8 Å². The molecular formula is C29H26ClFN2O5S. The normalized spacial score (nSPS) is 14.3. The maximum absolute atomic E-state index is 13.6. The van der Waals surface area contributed by atoms with E-state index in [-0.39, 0.29) is 33.9 Å². The molecule has 202 valence electrons. The third-order valence-corrected chi connectivity index (χ3v) is 8.12. The number of nitrogens with zero attached hydrogens (tertiary/aromatic N) is 1. The van der Waals surface area contributed by atoms with E-state index in [0.717, 1.165) is 24.7 Å². The van der Waals surface area contributed by atoms with Crippen LogP contribution in [-0.4, -0.2) is 32.7 Å². The van der Waals surface area contributed by atoms with Crippen LogP contribution in [0.4, 0.5) is 15.8 Å². The molecule has 4 aromatic rings. The second kappa shape index (κ2) is 10.1. The molecule has 0 radical (unpaired) electrons. The first-order valence-electron chi connectivity index (χ1n) is 12.2. The summed E-state index contributed by atoms with van der Waals surface area (Å²) in [7, 11) is -2.37. The Morgan fingerprint density at radius 1 is 1.21 bits per heavy atom. The first kappa shape index (κ1) is 26.9. The van der Waals surface area contributed by atoms with Crippen molar-refractivity contribution in [2.75, 3.05) is 17.6 Å². The summed E-state index contributed by atoms with van der Waals surface area (Å²) >= 11 is 6.43. The Balaban J connectivity index is 1.76. The number of halogens is 2. The van der Waals surface area contributed by atoms with Crippen molar-refractivity contribution in [1.29, 1.82) is 0 Å². The van der Waals surface area contributed by atoms with Gasteiger partial charge in [-0.2, -0.15) is 0 Å². The number of hydrogen-bond donors (Lipinski definition) is 2. The predicted molar refractivity (Wildman–Crippen MR) is 151 cm³/mol. The highest BCUT2D eigenvalue weighted by Gasteiger charge is 2.34. The van der Waals surface area contributed by atoms with Gasteiger partial charge in [0.2, 0.25) is 10.0 Å². The molecule has 1 aromatic heterocycles. The first-order chi connectivity index (χ1) is 18.5. The highest BCUT2D eigenvalue weighted by Crippen LogP contribution is 2.49. The minimum Gasteiger partial charge on any atom is -0.455 e. The van der Waals surface area contributed by atoms with E-state index in [2.05, 4.69) is 11.9 Å². The number of benzene rings is 3. The van der Waals surface area contributed by atoms with Crippen molar-refractivity contribution in [1.82, 2.24) is 5.32 Å². The standard InChI is InChI=1S/C29H26ClFN2O5S/c1-4-25(34)20-12-11-19(13-23(20)30)33(39(3,36)37)24-15-26-22(14-21(24)16-5-6-16)27(29(35)32-2)28(38-26)17-7-9-18(31)10-8-17/h4,7-16,25,34H,1,5-6H2,2-3H3,(H,32,35). The van der Waals surface area contributed by atoms with Crippen LogP contribution in [0.25, 0.3) is 22.3 Å². The van der Waals surface area contributed by atoms with E-state index >= 15 is 0 Å². The molecule has 0 bridgehead atoms. The number of sulfonamides is 1. The number of anilines is 2. The molecular weight excluding hydrogens is 543 g/mol. The van der Waals surface area contributed by atoms with Gasteiger partial charge in [-0.05, 0) is 66.8 Å². The van der Waals surface area contributed by atoms with E-state index in [1.807, 2.05) is 0 Å². The largest absolute Gasteiger partial charge is 0.455 e.